The van der Waals surface area contributed by atoms with Gasteiger partial charge in [0, 0.05) is 73.5 Å². The van der Waals surface area contributed by atoms with Crippen LogP contribution in [0.15, 0.2) is 103 Å². The molecule has 4 heterocycles. The van der Waals surface area contributed by atoms with Crippen molar-refractivity contribution in [2.45, 2.75) is 39.8 Å². The average molecular weight is 1130 g/mol. The van der Waals surface area contributed by atoms with E-state index >= 15 is 0 Å². The number of aryl methyl sites for hydroxylation is 1. The first-order valence-electron chi connectivity index (χ1n) is 26.0. The molecule has 8 rings (SSSR count). The number of nitrogens with zero attached hydrogens (tertiary/aromatic N) is 5. The predicted octanol–water partition coefficient (Wildman–Crippen LogP) is 4.95. The van der Waals surface area contributed by atoms with Crippen LogP contribution in [0.25, 0.3) is 21.8 Å². The zero-order valence-electron chi connectivity index (χ0n) is 45.2. The molecule has 25 heteroatoms. The maximum atomic E-state index is 14.3. The standard InChI is InChI=1S/C57H60N10O15/c1-33(2)50(63-55(76)81-32-67-47(71)16-17-48(67)72)53(74)59-30-46(70)60-38-12-8-35(9-13-38)31-80-56(77)64(4)20-21-65(22-24-79-25-23-68)57(78)82-45-28-44-41(49-34(3)6-5-7-42(45)49)18-19-66(44)54(75)43-27-37-26-39(29-58-51(37)62-43)61-52(73)36-10-14-40(69)15-11-36/h5-17,26-29,33,50,68-69H,18-25,30-32H2,1-4H3,(H,58,62)(H,59,74)(H,60,70)(H,61,73)(H,63,76). The topological polar surface area (TPSA) is 321 Å². The molecule has 1 atom stereocenters. The van der Waals surface area contributed by atoms with Gasteiger partial charge in [0.25, 0.3) is 23.6 Å². The highest BCUT2D eigenvalue weighted by Crippen LogP contribution is 2.42. The van der Waals surface area contributed by atoms with Crippen molar-refractivity contribution in [3.63, 3.8) is 0 Å². The number of aromatic amines is 1. The molecule has 9 amide bonds. The van der Waals surface area contributed by atoms with Crippen LogP contribution in [0, 0.1) is 12.8 Å². The Morgan fingerprint density at radius 2 is 1.59 bits per heavy atom. The number of anilines is 3. The maximum absolute atomic E-state index is 14.3. The minimum absolute atomic E-state index is 0.00640. The molecule has 2 aliphatic heterocycles. The number of carbonyl (C=O) groups excluding carboxylic acids is 9. The van der Waals surface area contributed by atoms with Gasteiger partial charge >= 0.3 is 18.3 Å². The quantitative estimate of drug-likeness (QED) is 0.0349. The van der Waals surface area contributed by atoms with Gasteiger partial charge in [0.1, 0.15) is 35.5 Å². The summed E-state index contributed by atoms with van der Waals surface area (Å²) in [7, 11) is 1.50. The number of carbonyl (C=O) groups is 9. The number of hydrogen-bond donors (Lipinski definition) is 7. The summed E-state index contributed by atoms with van der Waals surface area (Å²) >= 11 is 0. The molecule has 0 bridgehead atoms. The molecule has 0 saturated heterocycles. The summed E-state index contributed by atoms with van der Waals surface area (Å²) in [6, 6.07) is 21.7. The number of phenolic OH excluding ortho intramolecular Hbond substituents is 1. The van der Waals surface area contributed by atoms with Crippen LogP contribution in [0.2, 0.25) is 0 Å². The Bertz CT molecular complexity index is 3440. The number of nitrogens with one attached hydrogen (secondary N) is 5. The number of benzene rings is 4. The van der Waals surface area contributed by atoms with Crippen LogP contribution >= 0.6 is 0 Å². The lowest BCUT2D eigenvalue weighted by Crippen LogP contribution is -2.51. The van der Waals surface area contributed by atoms with Gasteiger partial charge in [-0.05, 0) is 89.9 Å². The number of aliphatic hydroxyl groups is 1. The molecule has 2 aromatic heterocycles. The number of alkyl carbamates (subject to hydrolysis) is 1. The van der Waals surface area contributed by atoms with Crippen molar-refractivity contribution >= 4 is 92.6 Å². The Morgan fingerprint density at radius 1 is 0.841 bits per heavy atom. The van der Waals surface area contributed by atoms with Crippen LogP contribution in [0.1, 0.15) is 51.4 Å². The molecule has 0 aliphatic carbocycles. The highest BCUT2D eigenvalue weighted by Gasteiger charge is 2.32. The van der Waals surface area contributed by atoms with Crippen molar-refractivity contribution in [3.8, 4) is 11.5 Å². The van der Waals surface area contributed by atoms with E-state index in [-0.39, 0.29) is 69.2 Å². The van der Waals surface area contributed by atoms with Crippen LogP contribution < -0.4 is 30.9 Å². The number of H-pyrrole nitrogens is 1. The number of likely N-dealkylation sites (N-methyl/N-ethyl adjacent to an activating group) is 1. The second-order valence-corrected chi connectivity index (χ2v) is 19.4. The minimum atomic E-state index is -1.11. The number of amides is 9. The largest absolute Gasteiger partial charge is 0.508 e. The van der Waals surface area contributed by atoms with Crippen molar-refractivity contribution in [2.75, 3.05) is 81.9 Å². The molecule has 0 spiro atoms. The number of pyridine rings is 1. The van der Waals surface area contributed by atoms with E-state index in [0.29, 0.717) is 62.5 Å². The van der Waals surface area contributed by atoms with E-state index in [1.54, 1.807) is 61.2 Å². The smallest absolute Gasteiger partial charge is 0.415 e. The fraction of sp³-hybridized carbons (Fsp3) is 0.298. The number of ether oxygens (including phenoxy) is 4. The van der Waals surface area contributed by atoms with Gasteiger partial charge in [0.05, 0.1) is 43.9 Å². The number of imide groups is 1. The normalized spacial score (nSPS) is 13.0. The molecule has 0 saturated carbocycles. The molecule has 7 N–H and O–H groups in total. The van der Waals surface area contributed by atoms with Crippen LogP contribution in [-0.2, 0) is 46.4 Å². The number of aliphatic hydroxyl groups excluding tert-OH is 1. The van der Waals surface area contributed by atoms with Crippen LogP contribution in [0.4, 0.5) is 31.4 Å². The summed E-state index contributed by atoms with van der Waals surface area (Å²) in [4.78, 5) is 129. The number of hydrogen-bond acceptors (Lipinski definition) is 16. The predicted molar refractivity (Wildman–Crippen MR) is 297 cm³/mol. The van der Waals surface area contributed by atoms with E-state index < -0.39 is 73.1 Å². The summed E-state index contributed by atoms with van der Waals surface area (Å²) < 4.78 is 22.1. The molecule has 2 aliphatic rings. The average Bonchev–Trinajstić information content (AvgIpc) is 4.37. The Kier molecular flexibility index (Phi) is 18.8. The zero-order valence-corrected chi connectivity index (χ0v) is 45.2. The van der Waals surface area contributed by atoms with Gasteiger partial charge < -0.3 is 70.1 Å². The molecule has 25 nitrogen and oxygen atoms in total. The fourth-order valence-electron chi connectivity index (χ4n) is 8.95. The molecule has 0 fully saturated rings. The number of aromatic nitrogens is 2. The number of rotatable bonds is 22. The Balaban J connectivity index is 0.848. The van der Waals surface area contributed by atoms with Gasteiger partial charge in [-0.3, -0.25) is 28.8 Å². The maximum Gasteiger partial charge on any atom is 0.415 e. The monoisotopic (exact) mass is 1120 g/mol. The van der Waals surface area contributed by atoms with Gasteiger partial charge in [-0.15, -0.1) is 0 Å². The zero-order chi connectivity index (χ0) is 58.6. The highest BCUT2D eigenvalue weighted by atomic mass is 16.6. The fourth-order valence-corrected chi connectivity index (χ4v) is 8.95. The van der Waals surface area contributed by atoms with Crippen molar-refractivity contribution in [2.24, 2.45) is 5.92 Å². The number of phenols is 1. The van der Waals surface area contributed by atoms with Crippen LogP contribution in [0.3, 0.4) is 0 Å². The van der Waals surface area contributed by atoms with E-state index in [9.17, 15) is 53.4 Å². The van der Waals surface area contributed by atoms with E-state index in [0.717, 1.165) is 28.7 Å². The van der Waals surface area contributed by atoms with Crippen molar-refractivity contribution in [1.29, 1.82) is 0 Å². The Morgan fingerprint density at radius 3 is 2.30 bits per heavy atom. The van der Waals surface area contributed by atoms with E-state index in [1.165, 1.54) is 47.3 Å². The van der Waals surface area contributed by atoms with E-state index in [2.05, 4.69) is 31.2 Å². The molecule has 4 aromatic carbocycles. The summed E-state index contributed by atoms with van der Waals surface area (Å²) in [6.07, 6.45) is 1.53. The lowest BCUT2D eigenvalue weighted by atomic mass is 9.97. The van der Waals surface area contributed by atoms with Crippen molar-refractivity contribution in [3.05, 3.63) is 131 Å². The molecule has 428 valence electrons. The lowest BCUT2D eigenvalue weighted by Gasteiger charge is -2.26. The molecule has 82 heavy (non-hydrogen) atoms. The van der Waals surface area contributed by atoms with E-state index in [1.807, 2.05) is 25.1 Å². The van der Waals surface area contributed by atoms with Gasteiger partial charge in [-0.2, -0.15) is 0 Å². The molecular weight excluding hydrogens is 1060 g/mol. The molecular formula is C57H60N10O15. The van der Waals surface area contributed by atoms with Crippen LogP contribution in [0.5, 0.6) is 11.5 Å². The first kappa shape index (κ1) is 58.3. The van der Waals surface area contributed by atoms with Gasteiger partial charge in [-0.1, -0.05) is 44.2 Å². The van der Waals surface area contributed by atoms with Gasteiger partial charge in [0.15, 0.2) is 6.73 Å². The summed E-state index contributed by atoms with van der Waals surface area (Å²) in [6.45, 7) is 4.18. The van der Waals surface area contributed by atoms with Gasteiger partial charge in [0.2, 0.25) is 11.8 Å². The Labute approximate surface area is 469 Å². The second-order valence-electron chi connectivity index (χ2n) is 19.4. The first-order valence-corrected chi connectivity index (χ1v) is 26.0. The minimum Gasteiger partial charge on any atom is -0.508 e. The SMILES string of the molecule is Cc1cccc2c(OC(=O)N(CCOCCO)CCN(C)C(=O)OCc3ccc(NC(=O)CNC(=O)C(NC(=O)OCN4C(=O)C=CC4=O)C(C)C)cc3)cc3c(c12)CCN3C(=O)c1cc2cc(NC(=O)c3ccc(O)cc3)cnc2[nH]1. The second kappa shape index (κ2) is 26.4. The summed E-state index contributed by atoms with van der Waals surface area (Å²) in [5, 5.41) is 31.3. The summed E-state index contributed by atoms with van der Waals surface area (Å²) in [5.74, 6) is -3.54. The van der Waals surface area contributed by atoms with Gasteiger partial charge in [-0.25, -0.2) is 24.3 Å². The third kappa shape index (κ3) is 14.3. The third-order valence-corrected chi connectivity index (χ3v) is 13.3. The highest BCUT2D eigenvalue weighted by molar-refractivity contribution is 6.13. The van der Waals surface area contributed by atoms with E-state index in [4.69, 9.17) is 18.9 Å². The van der Waals surface area contributed by atoms with Crippen LogP contribution in [-0.4, -0.2) is 161 Å². The molecule has 1 unspecified atom stereocenters. The number of aromatic hydroxyl groups is 1. The van der Waals surface area contributed by atoms with Crippen molar-refractivity contribution < 1.29 is 72.3 Å². The van der Waals surface area contributed by atoms with Crippen molar-refractivity contribution in [1.82, 2.24) is 35.3 Å². The number of fused-ring (bicyclic) bond motifs is 4. The Hall–Kier alpha value is -9.88. The third-order valence-electron chi connectivity index (χ3n) is 13.3. The summed E-state index contributed by atoms with van der Waals surface area (Å²) in [5.41, 5.74) is 4.68. The first-order chi connectivity index (χ1) is 39.4. The molecule has 0 radical (unpaired) electrons. The lowest BCUT2D eigenvalue weighted by molar-refractivity contribution is -0.141. The molecule has 6 aromatic rings.